The Kier molecular flexibility index (Phi) is 9.42. The van der Waals surface area contributed by atoms with Gasteiger partial charge in [-0.1, -0.05) is 44.2 Å². The van der Waals surface area contributed by atoms with Gasteiger partial charge in [-0.05, 0) is 48.3 Å². The van der Waals surface area contributed by atoms with Crippen molar-refractivity contribution >= 4 is 40.6 Å². The zero-order valence-corrected chi connectivity index (χ0v) is 21.0. The number of hydrogen-bond donors (Lipinski definition) is 2. The van der Waals surface area contributed by atoms with E-state index in [0.29, 0.717) is 23.6 Å². The Labute approximate surface area is 207 Å². The lowest BCUT2D eigenvalue weighted by molar-refractivity contribution is -0.119. The van der Waals surface area contributed by atoms with E-state index < -0.39 is 5.97 Å². The first-order valence-electron chi connectivity index (χ1n) is 11.7. The van der Waals surface area contributed by atoms with E-state index in [0.717, 1.165) is 44.8 Å². The van der Waals surface area contributed by atoms with Crippen molar-refractivity contribution in [3.8, 4) is 0 Å². The lowest BCUT2D eigenvalue weighted by Crippen LogP contribution is -2.46. The van der Waals surface area contributed by atoms with Crippen molar-refractivity contribution in [1.82, 2.24) is 10.2 Å². The minimum Gasteiger partial charge on any atom is -0.465 e. The van der Waals surface area contributed by atoms with Gasteiger partial charge in [-0.2, -0.15) is 0 Å². The quantitative estimate of drug-likeness (QED) is 0.434. The molecule has 0 aromatic heterocycles. The van der Waals surface area contributed by atoms with E-state index >= 15 is 0 Å². The lowest BCUT2D eigenvalue weighted by atomic mass is 10.1. The Morgan fingerprint density at radius 2 is 1.76 bits per heavy atom. The van der Waals surface area contributed by atoms with Gasteiger partial charge in [0.15, 0.2) is 5.11 Å². The number of piperazine rings is 1. The molecule has 0 atom stereocenters. The molecule has 1 heterocycles. The SMILES string of the molecule is COC(=O)c1ccc(N2CCN(Cc3ccccc3)CC2)c(NC(=S)NC(=O)CCC(C)C)c1. The number of benzene rings is 2. The minimum atomic E-state index is -0.422. The molecule has 2 aromatic rings. The predicted octanol–water partition coefficient (Wildman–Crippen LogP) is 4.04. The van der Waals surface area contributed by atoms with Gasteiger partial charge in [-0.25, -0.2) is 4.79 Å². The summed E-state index contributed by atoms with van der Waals surface area (Å²) in [5, 5.41) is 6.10. The van der Waals surface area contributed by atoms with Crippen LogP contribution in [-0.4, -0.2) is 55.2 Å². The van der Waals surface area contributed by atoms with Crippen molar-refractivity contribution in [3.63, 3.8) is 0 Å². The minimum absolute atomic E-state index is 0.119. The largest absolute Gasteiger partial charge is 0.465 e. The molecule has 0 aliphatic carbocycles. The normalized spacial score (nSPS) is 14.1. The van der Waals surface area contributed by atoms with Crippen molar-refractivity contribution in [2.45, 2.75) is 33.2 Å². The second-order valence-corrected chi connectivity index (χ2v) is 9.32. The summed E-state index contributed by atoms with van der Waals surface area (Å²) in [6, 6.07) is 15.9. The molecule has 0 saturated carbocycles. The van der Waals surface area contributed by atoms with Crippen molar-refractivity contribution in [2.75, 3.05) is 43.5 Å². The molecule has 7 nitrogen and oxygen atoms in total. The first-order valence-corrected chi connectivity index (χ1v) is 12.1. The number of nitrogens with zero attached hydrogens (tertiary/aromatic N) is 2. The van der Waals surface area contributed by atoms with Crippen molar-refractivity contribution in [2.24, 2.45) is 5.92 Å². The van der Waals surface area contributed by atoms with Crippen LogP contribution in [0.5, 0.6) is 0 Å². The van der Waals surface area contributed by atoms with E-state index in [1.807, 2.05) is 12.1 Å². The first-order chi connectivity index (χ1) is 16.4. The third-order valence-electron chi connectivity index (χ3n) is 5.83. The number of thiocarbonyl (C=S) groups is 1. The van der Waals surface area contributed by atoms with Crippen LogP contribution in [0.2, 0.25) is 0 Å². The van der Waals surface area contributed by atoms with Crippen molar-refractivity contribution < 1.29 is 14.3 Å². The summed E-state index contributed by atoms with van der Waals surface area (Å²) in [5.74, 6) is -0.100. The number of esters is 1. The molecule has 182 valence electrons. The average Bonchev–Trinajstić information content (AvgIpc) is 2.83. The fourth-order valence-electron chi connectivity index (χ4n) is 3.91. The van der Waals surface area contributed by atoms with Crippen molar-refractivity contribution in [1.29, 1.82) is 0 Å². The number of carbonyl (C=O) groups excluding carboxylic acids is 2. The highest BCUT2D eigenvalue weighted by atomic mass is 32.1. The number of anilines is 2. The van der Waals surface area contributed by atoms with E-state index in [1.54, 1.807) is 12.1 Å². The van der Waals surface area contributed by atoms with E-state index in [2.05, 4.69) is 58.5 Å². The number of nitrogens with one attached hydrogen (secondary N) is 2. The van der Waals surface area contributed by atoms with Gasteiger partial charge >= 0.3 is 5.97 Å². The standard InChI is InChI=1S/C26H34N4O3S/c1-19(2)9-12-24(31)28-26(34)27-22-17-21(25(32)33-3)10-11-23(22)30-15-13-29(14-16-30)18-20-7-5-4-6-8-20/h4-8,10-11,17,19H,9,12-16,18H2,1-3H3,(H2,27,28,31,34). The lowest BCUT2D eigenvalue weighted by Gasteiger charge is -2.37. The monoisotopic (exact) mass is 482 g/mol. The van der Waals surface area contributed by atoms with Crippen LogP contribution in [0.25, 0.3) is 0 Å². The Morgan fingerprint density at radius 3 is 2.41 bits per heavy atom. The summed E-state index contributed by atoms with van der Waals surface area (Å²) in [4.78, 5) is 29.0. The van der Waals surface area contributed by atoms with E-state index in [-0.39, 0.29) is 11.0 Å². The number of carbonyl (C=O) groups is 2. The number of amides is 1. The summed E-state index contributed by atoms with van der Waals surface area (Å²) in [7, 11) is 1.36. The average molecular weight is 483 g/mol. The number of ether oxygens (including phenoxy) is 1. The van der Waals surface area contributed by atoms with Gasteiger partial charge < -0.3 is 20.3 Å². The topological polar surface area (TPSA) is 73.9 Å². The number of hydrogen-bond acceptors (Lipinski definition) is 6. The Bertz CT molecular complexity index is 989. The van der Waals surface area contributed by atoms with Gasteiger partial charge in [-0.15, -0.1) is 0 Å². The molecular weight excluding hydrogens is 448 g/mol. The van der Waals surface area contributed by atoms with Gasteiger partial charge in [0.05, 0.1) is 24.0 Å². The molecule has 0 spiro atoms. The Hall–Kier alpha value is -2.97. The third kappa shape index (κ3) is 7.53. The zero-order valence-electron chi connectivity index (χ0n) is 20.2. The molecule has 1 aliphatic rings. The van der Waals surface area contributed by atoms with Gasteiger partial charge in [0.2, 0.25) is 5.91 Å². The fourth-order valence-corrected chi connectivity index (χ4v) is 4.13. The van der Waals surface area contributed by atoms with Crippen molar-refractivity contribution in [3.05, 3.63) is 59.7 Å². The number of rotatable bonds is 8. The van der Waals surface area contributed by atoms with E-state index in [1.165, 1.54) is 12.7 Å². The summed E-state index contributed by atoms with van der Waals surface area (Å²) in [6.07, 6.45) is 1.21. The highest BCUT2D eigenvalue weighted by molar-refractivity contribution is 7.80. The molecule has 3 rings (SSSR count). The third-order valence-corrected chi connectivity index (χ3v) is 6.03. The van der Waals surface area contributed by atoms with Gasteiger partial charge in [0, 0.05) is 39.1 Å². The van der Waals surface area contributed by atoms with Crippen LogP contribution >= 0.6 is 12.2 Å². The van der Waals surface area contributed by atoms with Gasteiger partial charge in [-0.3, -0.25) is 9.69 Å². The summed E-state index contributed by atoms with van der Waals surface area (Å²) in [6.45, 7) is 8.60. The summed E-state index contributed by atoms with van der Waals surface area (Å²) in [5.41, 5.74) is 3.34. The van der Waals surface area contributed by atoms with Crippen LogP contribution in [0, 0.1) is 5.92 Å². The predicted molar refractivity (Wildman–Crippen MR) is 140 cm³/mol. The van der Waals surface area contributed by atoms with Crippen LogP contribution in [0.15, 0.2) is 48.5 Å². The maximum Gasteiger partial charge on any atom is 0.337 e. The molecule has 0 unspecified atom stereocenters. The van der Waals surface area contributed by atoms with Crippen LogP contribution in [0.1, 0.15) is 42.6 Å². The van der Waals surface area contributed by atoms with Crippen LogP contribution in [0.4, 0.5) is 11.4 Å². The van der Waals surface area contributed by atoms with Crippen LogP contribution < -0.4 is 15.5 Å². The maximum atomic E-state index is 12.2. The molecule has 2 N–H and O–H groups in total. The smallest absolute Gasteiger partial charge is 0.337 e. The molecule has 34 heavy (non-hydrogen) atoms. The second-order valence-electron chi connectivity index (χ2n) is 8.91. The molecule has 1 saturated heterocycles. The Morgan fingerprint density at radius 1 is 1.06 bits per heavy atom. The van der Waals surface area contributed by atoms with Gasteiger partial charge in [0.1, 0.15) is 0 Å². The highest BCUT2D eigenvalue weighted by Gasteiger charge is 2.21. The van der Waals surface area contributed by atoms with Crippen LogP contribution in [0.3, 0.4) is 0 Å². The summed E-state index contributed by atoms with van der Waals surface area (Å²) >= 11 is 5.40. The van der Waals surface area contributed by atoms with E-state index in [4.69, 9.17) is 17.0 Å². The molecule has 0 bridgehead atoms. The molecular formula is C26H34N4O3S. The Balaban J connectivity index is 1.68. The number of methoxy groups -OCH3 is 1. The second kappa shape index (κ2) is 12.5. The van der Waals surface area contributed by atoms with Gasteiger partial charge in [0.25, 0.3) is 0 Å². The molecule has 0 radical (unpaired) electrons. The maximum absolute atomic E-state index is 12.2. The molecule has 1 fully saturated rings. The molecule has 1 aliphatic heterocycles. The molecule has 1 amide bonds. The molecule has 8 heteroatoms. The van der Waals surface area contributed by atoms with E-state index in [9.17, 15) is 9.59 Å². The zero-order chi connectivity index (χ0) is 24.5. The fraction of sp³-hybridized carbons (Fsp3) is 0.423. The highest BCUT2D eigenvalue weighted by Crippen LogP contribution is 2.29. The summed E-state index contributed by atoms with van der Waals surface area (Å²) < 4.78 is 4.88. The first kappa shape index (κ1) is 25.6. The van der Waals surface area contributed by atoms with Crippen LogP contribution in [-0.2, 0) is 16.1 Å². The molecule has 2 aromatic carbocycles.